The van der Waals surface area contributed by atoms with Crippen LogP contribution in [0.5, 0.6) is 0 Å². The lowest BCUT2D eigenvalue weighted by Crippen LogP contribution is -2.38. The molecule has 0 aromatic heterocycles. The molecule has 2 rings (SSSR count). The van der Waals surface area contributed by atoms with E-state index < -0.39 is 11.9 Å². The normalized spacial score (nSPS) is 16.3. The standard InChI is InChI=1S/C17H25FN2O3/c18-15-9-4-3-8-14(15)16(21)12-20-17(22)19-10-5-11-23-13-6-1-2-7-13/h3-4,8-9,13,16,21H,1-2,5-7,10-12H2,(H2,19,20,22). The Morgan fingerprint density at radius 3 is 2.78 bits per heavy atom. The third-order valence-corrected chi connectivity index (χ3v) is 3.98. The molecule has 1 aliphatic carbocycles. The molecule has 1 aromatic rings. The Morgan fingerprint density at radius 1 is 1.30 bits per heavy atom. The second kappa shape index (κ2) is 9.47. The minimum atomic E-state index is -1.06. The third kappa shape index (κ3) is 6.15. The van der Waals surface area contributed by atoms with Gasteiger partial charge in [0, 0.05) is 25.3 Å². The molecule has 23 heavy (non-hydrogen) atoms. The first-order valence-electron chi connectivity index (χ1n) is 8.22. The summed E-state index contributed by atoms with van der Waals surface area (Å²) in [6.07, 6.45) is 4.85. The molecule has 5 nitrogen and oxygen atoms in total. The first-order valence-corrected chi connectivity index (χ1v) is 8.22. The number of aliphatic hydroxyl groups is 1. The lowest BCUT2D eigenvalue weighted by Gasteiger charge is -2.14. The highest BCUT2D eigenvalue weighted by atomic mass is 19.1. The van der Waals surface area contributed by atoms with Crippen LogP contribution in [-0.2, 0) is 4.74 Å². The molecule has 0 aliphatic heterocycles. The Labute approximate surface area is 136 Å². The van der Waals surface area contributed by atoms with Gasteiger partial charge < -0.3 is 20.5 Å². The second-order valence-electron chi connectivity index (χ2n) is 5.80. The predicted molar refractivity (Wildman–Crippen MR) is 85.6 cm³/mol. The number of nitrogens with one attached hydrogen (secondary N) is 2. The van der Waals surface area contributed by atoms with Crippen molar-refractivity contribution in [1.82, 2.24) is 10.6 Å². The number of urea groups is 1. The number of benzene rings is 1. The van der Waals surface area contributed by atoms with Gasteiger partial charge in [0.15, 0.2) is 0 Å². The fourth-order valence-electron chi connectivity index (χ4n) is 2.69. The fourth-order valence-corrected chi connectivity index (χ4v) is 2.69. The van der Waals surface area contributed by atoms with E-state index in [2.05, 4.69) is 10.6 Å². The van der Waals surface area contributed by atoms with Crippen LogP contribution in [-0.4, -0.2) is 36.9 Å². The van der Waals surface area contributed by atoms with Crippen LogP contribution in [0.15, 0.2) is 24.3 Å². The summed E-state index contributed by atoms with van der Waals surface area (Å²) in [6.45, 7) is 1.11. The lowest BCUT2D eigenvalue weighted by molar-refractivity contribution is 0.0571. The Bertz CT molecular complexity index is 492. The average molecular weight is 324 g/mol. The number of hydrogen-bond acceptors (Lipinski definition) is 3. The summed E-state index contributed by atoms with van der Waals surface area (Å²) in [7, 11) is 0. The van der Waals surface area contributed by atoms with Gasteiger partial charge in [-0.3, -0.25) is 0 Å². The molecule has 1 aromatic carbocycles. The maximum absolute atomic E-state index is 13.5. The lowest BCUT2D eigenvalue weighted by atomic mass is 10.1. The van der Waals surface area contributed by atoms with Gasteiger partial charge in [0.2, 0.25) is 0 Å². The van der Waals surface area contributed by atoms with Crippen LogP contribution in [0, 0.1) is 5.82 Å². The van der Waals surface area contributed by atoms with Gasteiger partial charge in [-0.05, 0) is 25.3 Å². The van der Waals surface area contributed by atoms with Crippen molar-refractivity contribution in [1.29, 1.82) is 0 Å². The summed E-state index contributed by atoms with van der Waals surface area (Å²) in [5.74, 6) is -0.480. The topological polar surface area (TPSA) is 70.6 Å². The Morgan fingerprint density at radius 2 is 2.04 bits per heavy atom. The molecule has 1 unspecified atom stereocenters. The first kappa shape index (κ1) is 17.7. The number of carbonyl (C=O) groups excluding carboxylic acids is 1. The summed E-state index contributed by atoms with van der Waals surface area (Å²) in [5, 5.41) is 15.1. The summed E-state index contributed by atoms with van der Waals surface area (Å²) < 4.78 is 19.2. The van der Waals surface area contributed by atoms with Crippen molar-refractivity contribution in [2.75, 3.05) is 19.7 Å². The number of carbonyl (C=O) groups is 1. The van der Waals surface area contributed by atoms with Crippen molar-refractivity contribution in [2.24, 2.45) is 0 Å². The molecule has 0 saturated heterocycles. The van der Waals surface area contributed by atoms with Crippen LogP contribution >= 0.6 is 0 Å². The second-order valence-corrected chi connectivity index (χ2v) is 5.80. The Balaban J connectivity index is 1.55. The van der Waals surface area contributed by atoms with Gasteiger partial charge in [0.05, 0.1) is 12.2 Å². The average Bonchev–Trinajstić information content (AvgIpc) is 3.06. The van der Waals surface area contributed by atoms with Crippen molar-refractivity contribution in [2.45, 2.75) is 44.3 Å². The number of aliphatic hydroxyl groups excluding tert-OH is 1. The number of halogens is 1. The van der Waals surface area contributed by atoms with Crippen molar-refractivity contribution in [3.8, 4) is 0 Å². The van der Waals surface area contributed by atoms with E-state index in [1.54, 1.807) is 12.1 Å². The van der Waals surface area contributed by atoms with E-state index in [0.29, 0.717) is 19.3 Å². The number of amides is 2. The molecule has 1 fully saturated rings. The molecule has 2 amide bonds. The Kier molecular flexibility index (Phi) is 7.29. The van der Waals surface area contributed by atoms with E-state index in [1.807, 2.05) is 0 Å². The molecule has 1 atom stereocenters. The highest BCUT2D eigenvalue weighted by Crippen LogP contribution is 2.20. The molecule has 1 aliphatic rings. The molecule has 128 valence electrons. The van der Waals surface area contributed by atoms with E-state index in [9.17, 15) is 14.3 Å². The molecule has 6 heteroatoms. The molecular formula is C17H25FN2O3. The fraction of sp³-hybridized carbons (Fsp3) is 0.588. The minimum absolute atomic E-state index is 0.0364. The van der Waals surface area contributed by atoms with E-state index in [1.165, 1.54) is 25.0 Å². The molecule has 0 radical (unpaired) electrons. The minimum Gasteiger partial charge on any atom is -0.386 e. The highest BCUT2D eigenvalue weighted by Gasteiger charge is 2.15. The largest absolute Gasteiger partial charge is 0.386 e. The van der Waals surface area contributed by atoms with Crippen molar-refractivity contribution in [3.63, 3.8) is 0 Å². The molecule has 1 saturated carbocycles. The van der Waals surface area contributed by atoms with Crippen LogP contribution in [0.2, 0.25) is 0 Å². The predicted octanol–water partition coefficient (Wildman–Crippen LogP) is 2.51. The van der Waals surface area contributed by atoms with Gasteiger partial charge in [0.1, 0.15) is 5.82 Å². The van der Waals surface area contributed by atoms with Crippen LogP contribution in [0.3, 0.4) is 0 Å². The van der Waals surface area contributed by atoms with Gasteiger partial charge in [-0.2, -0.15) is 0 Å². The highest BCUT2D eigenvalue weighted by molar-refractivity contribution is 5.73. The molecule has 3 N–H and O–H groups in total. The third-order valence-electron chi connectivity index (χ3n) is 3.98. The zero-order valence-electron chi connectivity index (χ0n) is 13.3. The van der Waals surface area contributed by atoms with Gasteiger partial charge in [-0.25, -0.2) is 9.18 Å². The van der Waals surface area contributed by atoms with Crippen LogP contribution < -0.4 is 10.6 Å². The van der Waals surface area contributed by atoms with Gasteiger partial charge in [-0.1, -0.05) is 31.0 Å². The smallest absolute Gasteiger partial charge is 0.314 e. The summed E-state index contributed by atoms with van der Waals surface area (Å²) in [6, 6.07) is 5.61. The monoisotopic (exact) mass is 324 g/mol. The molecule has 0 bridgehead atoms. The van der Waals surface area contributed by atoms with Crippen LogP contribution in [0.25, 0.3) is 0 Å². The van der Waals surface area contributed by atoms with Crippen LogP contribution in [0.4, 0.5) is 9.18 Å². The van der Waals surface area contributed by atoms with E-state index in [-0.39, 0.29) is 18.1 Å². The Hall–Kier alpha value is -1.66. The maximum atomic E-state index is 13.5. The van der Waals surface area contributed by atoms with Crippen molar-refractivity contribution in [3.05, 3.63) is 35.6 Å². The summed E-state index contributed by atoms with van der Waals surface area (Å²) >= 11 is 0. The molecular weight excluding hydrogens is 299 g/mol. The van der Waals surface area contributed by atoms with Gasteiger partial charge in [-0.15, -0.1) is 0 Å². The van der Waals surface area contributed by atoms with Gasteiger partial charge in [0.25, 0.3) is 0 Å². The first-order chi connectivity index (χ1) is 11.2. The quantitative estimate of drug-likeness (QED) is 0.644. The molecule has 0 heterocycles. The van der Waals surface area contributed by atoms with E-state index in [0.717, 1.165) is 19.3 Å². The van der Waals surface area contributed by atoms with Crippen molar-refractivity contribution >= 4 is 6.03 Å². The van der Waals surface area contributed by atoms with Crippen LogP contribution in [0.1, 0.15) is 43.8 Å². The summed E-state index contributed by atoms with van der Waals surface area (Å²) in [5.41, 5.74) is 0.178. The SMILES string of the molecule is O=C(NCCCOC1CCCC1)NCC(O)c1ccccc1F. The van der Waals surface area contributed by atoms with E-state index in [4.69, 9.17) is 4.74 Å². The number of hydrogen-bond donors (Lipinski definition) is 3. The maximum Gasteiger partial charge on any atom is 0.314 e. The molecule has 0 spiro atoms. The number of ether oxygens (including phenoxy) is 1. The zero-order valence-corrected chi connectivity index (χ0v) is 13.3. The van der Waals surface area contributed by atoms with E-state index >= 15 is 0 Å². The van der Waals surface area contributed by atoms with Gasteiger partial charge >= 0.3 is 6.03 Å². The number of rotatable bonds is 8. The van der Waals surface area contributed by atoms with Crippen molar-refractivity contribution < 1.29 is 19.0 Å². The summed E-state index contributed by atoms with van der Waals surface area (Å²) in [4.78, 5) is 11.6. The zero-order chi connectivity index (χ0) is 16.5.